The molecule has 1 heterocycles. The Hall–Kier alpha value is -1.60. The van der Waals surface area contributed by atoms with Crippen LogP contribution in [0.4, 0.5) is 0 Å². The van der Waals surface area contributed by atoms with Crippen molar-refractivity contribution in [2.45, 2.75) is 26.9 Å². The SMILES string of the molecule is COc1cc(-c2nc(C)c(C(=O)[O-])s2)cc(Br)c1OC(C)C. The number of aromatic carboxylic acids is 1. The second kappa shape index (κ2) is 6.66. The molecule has 0 saturated heterocycles. The Labute approximate surface area is 141 Å². The van der Waals surface area contributed by atoms with Crippen LogP contribution in [0.3, 0.4) is 0 Å². The van der Waals surface area contributed by atoms with E-state index in [0.29, 0.717) is 22.2 Å². The van der Waals surface area contributed by atoms with E-state index in [1.54, 1.807) is 20.1 Å². The Morgan fingerprint density at radius 2 is 2.09 bits per heavy atom. The zero-order valence-electron chi connectivity index (χ0n) is 12.6. The van der Waals surface area contributed by atoms with Crippen molar-refractivity contribution in [3.63, 3.8) is 0 Å². The number of carboxylic acids is 1. The maximum atomic E-state index is 11.0. The summed E-state index contributed by atoms with van der Waals surface area (Å²) >= 11 is 4.54. The summed E-state index contributed by atoms with van der Waals surface area (Å²) in [5.41, 5.74) is 1.19. The average molecular weight is 385 g/mol. The summed E-state index contributed by atoms with van der Waals surface area (Å²) in [4.78, 5) is 15.5. The van der Waals surface area contributed by atoms with Crippen molar-refractivity contribution in [1.29, 1.82) is 0 Å². The third-order valence-corrected chi connectivity index (χ3v) is 4.59. The van der Waals surface area contributed by atoms with Gasteiger partial charge in [-0.3, -0.25) is 0 Å². The molecule has 0 amide bonds. The topological polar surface area (TPSA) is 71.5 Å². The Morgan fingerprint density at radius 3 is 2.59 bits per heavy atom. The second-order valence-corrected chi connectivity index (χ2v) is 6.73. The number of thiazole rings is 1. The summed E-state index contributed by atoms with van der Waals surface area (Å²) in [6.07, 6.45) is 0.00263. The van der Waals surface area contributed by atoms with Crippen molar-refractivity contribution >= 4 is 33.2 Å². The normalized spacial score (nSPS) is 10.8. The first kappa shape index (κ1) is 16.8. The number of hydrogen-bond acceptors (Lipinski definition) is 6. The molecule has 0 unspecified atom stereocenters. The molecule has 118 valence electrons. The van der Waals surface area contributed by atoms with Gasteiger partial charge in [-0.15, -0.1) is 11.3 Å². The van der Waals surface area contributed by atoms with E-state index in [0.717, 1.165) is 21.4 Å². The number of carbonyl (C=O) groups excluding carboxylic acids is 1. The van der Waals surface area contributed by atoms with Crippen LogP contribution in [0.2, 0.25) is 0 Å². The van der Waals surface area contributed by atoms with Crippen LogP contribution < -0.4 is 14.6 Å². The number of ether oxygens (including phenoxy) is 2. The van der Waals surface area contributed by atoms with Crippen molar-refractivity contribution in [3.05, 3.63) is 27.2 Å². The van der Waals surface area contributed by atoms with Gasteiger partial charge in [0.25, 0.3) is 0 Å². The van der Waals surface area contributed by atoms with E-state index in [1.165, 1.54) is 0 Å². The van der Waals surface area contributed by atoms with E-state index in [2.05, 4.69) is 20.9 Å². The van der Waals surface area contributed by atoms with E-state index in [-0.39, 0.29) is 11.0 Å². The molecule has 0 fully saturated rings. The van der Waals surface area contributed by atoms with Gasteiger partial charge >= 0.3 is 0 Å². The fourth-order valence-electron chi connectivity index (χ4n) is 1.90. The van der Waals surface area contributed by atoms with E-state index >= 15 is 0 Å². The number of rotatable bonds is 5. The van der Waals surface area contributed by atoms with E-state index in [1.807, 2.05) is 19.9 Å². The lowest BCUT2D eigenvalue weighted by Gasteiger charge is -2.16. The van der Waals surface area contributed by atoms with Gasteiger partial charge in [-0.1, -0.05) is 0 Å². The highest BCUT2D eigenvalue weighted by molar-refractivity contribution is 9.10. The molecule has 1 aromatic heterocycles. The van der Waals surface area contributed by atoms with Crippen LogP contribution in [0, 0.1) is 6.92 Å². The van der Waals surface area contributed by atoms with Gasteiger partial charge in [0.05, 0.1) is 34.2 Å². The lowest BCUT2D eigenvalue weighted by Crippen LogP contribution is -2.21. The molecule has 0 aliphatic heterocycles. The van der Waals surface area contributed by atoms with Gasteiger partial charge in [0.15, 0.2) is 11.5 Å². The van der Waals surface area contributed by atoms with Gasteiger partial charge in [-0.2, -0.15) is 0 Å². The first-order valence-corrected chi connectivity index (χ1v) is 8.17. The van der Waals surface area contributed by atoms with Gasteiger partial charge in [0.1, 0.15) is 5.01 Å². The van der Waals surface area contributed by atoms with Crippen LogP contribution in [-0.2, 0) is 0 Å². The van der Waals surface area contributed by atoms with Crippen LogP contribution in [0.25, 0.3) is 10.6 Å². The number of benzene rings is 1. The second-order valence-electron chi connectivity index (χ2n) is 4.88. The molecule has 2 rings (SSSR count). The highest BCUT2D eigenvalue weighted by Gasteiger charge is 2.17. The molecule has 0 bridgehead atoms. The number of nitrogens with zero attached hydrogens (tertiary/aromatic N) is 1. The van der Waals surface area contributed by atoms with Gasteiger partial charge in [0, 0.05) is 5.56 Å². The van der Waals surface area contributed by atoms with Crippen LogP contribution in [0.5, 0.6) is 11.5 Å². The van der Waals surface area contributed by atoms with Gasteiger partial charge < -0.3 is 19.4 Å². The standard InChI is InChI=1S/C15H16BrNO4S/c1-7(2)21-12-10(16)5-9(6-11(12)20-4)14-17-8(3)13(22-14)15(18)19/h5-7H,1-4H3,(H,18,19)/p-1. The summed E-state index contributed by atoms with van der Waals surface area (Å²) in [5.74, 6) is -0.0531. The number of carboxylic acid groups (broad SMARTS) is 1. The third kappa shape index (κ3) is 3.41. The highest BCUT2D eigenvalue weighted by atomic mass is 79.9. The van der Waals surface area contributed by atoms with Gasteiger partial charge in [-0.05, 0) is 48.8 Å². The molecule has 0 saturated carbocycles. The van der Waals surface area contributed by atoms with E-state index in [9.17, 15) is 9.90 Å². The number of carbonyl (C=O) groups is 1. The van der Waals surface area contributed by atoms with Crippen molar-refractivity contribution in [2.24, 2.45) is 0 Å². The fraction of sp³-hybridized carbons (Fsp3) is 0.333. The zero-order chi connectivity index (χ0) is 16.4. The number of aromatic nitrogens is 1. The minimum absolute atomic E-state index is 0.00263. The van der Waals surface area contributed by atoms with E-state index < -0.39 is 5.97 Å². The fourth-order valence-corrected chi connectivity index (χ4v) is 3.33. The summed E-state index contributed by atoms with van der Waals surface area (Å²) in [6.45, 7) is 5.50. The van der Waals surface area contributed by atoms with Crippen molar-refractivity contribution < 1.29 is 19.4 Å². The minimum Gasteiger partial charge on any atom is -0.544 e. The summed E-state index contributed by atoms with van der Waals surface area (Å²) in [7, 11) is 1.55. The third-order valence-electron chi connectivity index (χ3n) is 2.81. The summed E-state index contributed by atoms with van der Waals surface area (Å²) in [6, 6.07) is 3.61. The van der Waals surface area contributed by atoms with E-state index in [4.69, 9.17) is 9.47 Å². The molecule has 0 radical (unpaired) electrons. The predicted molar refractivity (Wildman–Crippen MR) is 86.6 cm³/mol. The first-order chi connectivity index (χ1) is 10.3. The quantitative estimate of drug-likeness (QED) is 0.791. The number of methoxy groups -OCH3 is 1. The molecule has 1 aromatic carbocycles. The Bertz CT molecular complexity index is 712. The summed E-state index contributed by atoms with van der Waals surface area (Å²) in [5, 5.41) is 11.6. The number of aryl methyl sites for hydroxylation is 1. The van der Waals surface area contributed by atoms with Crippen molar-refractivity contribution in [2.75, 3.05) is 7.11 Å². The molecule has 0 aliphatic carbocycles. The number of hydrogen-bond donors (Lipinski definition) is 0. The monoisotopic (exact) mass is 384 g/mol. The molecule has 0 spiro atoms. The van der Waals surface area contributed by atoms with Crippen LogP contribution >= 0.6 is 27.3 Å². The molecular formula is C15H15BrNO4S-. The largest absolute Gasteiger partial charge is 0.544 e. The molecule has 0 atom stereocenters. The average Bonchev–Trinajstić information content (AvgIpc) is 2.82. The lowest BCUT2D eigenvalue weighted by molar-refractivity contribution is -0.254. The Kier molecular flexibility index (Phi) is 5.08. The Balaban J connectivity index is 2.51. The maximum Gasteiger partial charge on any atom is 0.175 e. The molecule has 0 aliphatic rings. The minimum atomic E-state index is -1.22. The first-order valence-electron chi connectivity index (χ1n) is 6.56. The summed E-state index contributed by atoms with van der Waals surface area (Å²) < 4.78 is 11.8. The molecule has 22 heavy (non-hydrogen) atoms. The molecule has 0 N–H and O–H groups in total. The maximum absolute atomic E-state index is 11.0. The van der Waals surface area contributed by atoms with Gasteiger partial charge in [-0.25, -0.2) is 4.98 Å². The lowest BCUT2D eigenvalue weighted by atomic mass is 10.2. The van der Waals surface area contributed by atoms with Crippen LogP contribution in [0.15, 0.2) is 16.6 Å². The van der Waals surface area contributed by atoms with Crippen LogP contribution in [-0.4, -0.2) is 24.2 Å². The predicted octanol–water partition coefficient (Wildman–Crippen LogP) is 3.04. The molecule has 7 heteroatoms. The van der Waals surface area contributed by atoms with Crippen molar-refractivity contribution in [3.8, 4) is 22.1 Å². The zero-order valence-corrected chi connectivity index (χ0v) is 15.0. The molecule has 5 nitrogen and oxygen atoms in total. The highest BCUT2D eigenvalue weighted by Crippen LogP contribution is 2.41. The smallest absolute Gasteiger partial charge is 0.175 e. The number of halogens is 1. The molecular weight excluding hydrogens is 370 g/mol. The van der Waals surface area contributed by atoms with Crippen LogP contribution in [0.1, 0.15) is 29.2 Å². The van der Waals surface area contributed by atoms with Gasteiger partial charge in [0.2, 0.25) is 0 Å². The van der Waals surface area contributed by atoms with Crippen molar-refractivity contribution in [1.82, 2.24) is 4.98 Å². The Morgan fingerprint density at radius 1 is 1.41 bits per heavy atom. The molecule has 2 aromatic rings.